The SMILES string of the molecule is CCCCOC(=O)c1sc2ccc(O)cc2c1OC(=O)C(C)(C)C. The van der Waals surface area contributed by atoms with Crippen LogP contribution < -0.4 is 4.74 Å². The second-order valence-electron chi connectivity index (χ2n) is 6.57. The third-order valence-electron chi connectivity index (χ3n) is 3.35. The molecule has 0 radical (unpaired) electrons. The van der Waals surface area contributed by atoms with Crippen LogP contribution in [0.15, 0.2) is 18.2 Å². The summed E-state index contributed by atoms with van der Waals surface area (Å²) in [4.78, 5) is 24.9. The Labute approximate surface area is 145 Å². The molecule has 1 aromatic carbocycles. The number of hydrogen-bond donors (Lipinski definition) is 1. The number of carbonyl (C=O) groups is 2. The minimum Gasteiger partial charge on any atom is -0.508 e. The van der Waals surface area contributed by atoms with Crippen molar-refractivity contribution in [2.45, 2.75) is 40.5 Å². The first-order valence-corrected chi connectivity index (χ1v) is 8.70. The molecule has 0 aliphatic rings. The molecule has 0 aliphatic carbocycles. The average molecular weight is 350 g/mol. The molecule has 0 saturated carbocycles. The van der Waals surface area contributed by atoms with Gasteiger partial charge in [-0.2, -0.15) is 0 Å². The van der Waals surface area contributed by atoms with E-state index in [0.717, 1.165) is 17.5 Å². The van der Waals surface area contributed by atoms with Crippen molar-refractivity contribution in [3.05, 3.63) is 23.1 Å². The van der Waals surface area contributed by atoms with Gasteiger partial charge in [0.15, 0.2) is 10.6 Å². The molecule has 0 fully saturated rings. The first-order chi connectivity index (χ1) is 11.2. The van der Waals surface area contributed by atoms with E-state index < -0.39 is 17.4 Å². The average Bonchev–Trinajstić information content (AvgIpc) is 2.84. The smallest absolute Gasteiger partial charge is 0.352 e. The number of thiophene rings is 1. The Kier molecular flexibility index (Phi) is 5.49. The predicted molar refractivity (Wildman–Crippen MR) is 93.8 cm³/mol. The Morgan fingerprint density at radius 2 is 1.96 bits per heavy atom. The van der Waals surface area contributed by atoms with E-state index in [2.05, 4.69) is 0 Å². The zero-order valence-corrected chi connectivity index (χ0v) is 15.2. The van der Waals surface area contributed by atoms with Crippen LogP contribution in [0.1, 0.15) is 50.2 Å². The standard InChI is InChI=1S/C18H22O5S/c1-5-6-9-22-16(20)15-14(23-17(21)18(2,3)4)12-10-11(19)7-8-13(12)24-15/h7-8,10,19H,5-6,9H2,1-4H3. The second-order valence-corrected chi connectivity index (χ2v) is 7.62. The predicted octanol–water partition coefficient (Wildman–Crippen LogP) is 4.52. The number of phenols is 1. The van der Waals surface area contributed by atoms with Crippen LogP contribution in [0.5, 0.6) is 11.5 Å². The Balaban J connectivity index is 2.43. The number of unbranched alkanes of at least 4 members (excludes halogenated alkanes) is 1. The number of hydrogen-bond acceptors (Lipinski definition) is 6. The molecule has 1 aromatic heterocycles. The number of aromatic hydroxyl groups is 1. The maximum Gasteiger partial charge on any atom is 0.352 e. The molecule has 130 valence electrons. The van der Waals surface area contributed by atoms with E-state index in [1.165, 1.54) is 23.5 Å². The van der Waals surface area contributed by atoms with Gasteiger partial charge < -0.3 is 14.6 Å². The van der Waals surface area contributed by atoms with Gasteiger partial charge in [0.1, 0.15) is 5.75 Å². The fourth-order valence-electron chi connectivity index (χ4n) is 1.92. The highest BCUT2D eigenvalue weighted by atomic mass is 32.1. The summed E-state index contributed by atoms with van der Waals surface area (Å²) >= 11 is 1.19. The zero-order valence-electron chi connectivity index (χ0n) is 14.3. The Morgan fingerprint density at radius 3 is 2.58 bits per heavy atom. The van der Waals surface area contributed by atoms with E-state index in [-0.39, 0.29) is 16.4 Å². The van der Waals surface area contributed by atoms with E-state index >= 15 is 0 Å². The van der Waals surface area contributed by atoms with E-state index in [0.29, 0.717) is 12.0 Å². The number of carbonyl (C=O) groups excluding carboxylic acids is 2. The number of fused-ring (bicyclic) bond motifs is 1. The monoisotopic (exact) mass is 350 g/mol. The van der Waals surface area contributed by atoms with Crippen LogP contribution in [0.3, 0.4) is 0 Å². The summed E-state index contributed by atoms with van der Waals surface area (Å²) in [6.07, 6.45) is 1.69. The summed E-state index contributed by atoms with van der Waals surface area (Å²) in [5.41, 5.74) is -0.714. The Morgan fingerprint density at radius 1 is 1.25 bits per heavy atom. The maximum absolute atomic E-state index is 12.4. The van der Waals surface area contributed by atoms with Gasteiger partial charge in [0, 0.05) is 10.1 Å². The summed E-state index contributed by atoms with van der Waals surface area (Å²) in [6, 6.07) is 4.70. The molecule has 0 aliphatic heterocycles. The van der Waals surface area contributed by atoms with Crippen molar-refractivity contribution in [1.29, 1.82) is 0 Å². The lowest BCUT2D eigenvalue weighted by Gasteiger charge is -2.16. The molecule has 0 spiro atoms. The normalized spacial score (nSPS) is 11.5. The molecule has 0 atom stereocenters. The summed E-state index contributed by atoms with van der Waals surface area (Å²) in [5.74, 6) is -0.763. The lowest BCUT2D eigenvalue weighted by Crippen LogP contribution is -2.26. The maximum atomic E-state index is 12.4. The van der Waals surface area contributed by atoms with Crippen LogP contribution >= 0.6 is 11.3 Å². The summed E-state index contributed by atoms with van der Waals surface area (Å²) in [7, 11) is 0. The van der Waals surface area contributed by atoms with Crippen LogP contribution in [0.25, 0.3) is 10.1 Å². The van der Waals surface area contributed by atoms with Crippen molar-refractivity contribution in [2.75, 3.05) is 6.61 Å². The number of ether oxygens (including phenoxy) is 2. The highest BCUT2D eigenvalue weighted by Crippen LogP contribution is 2.40. The molecule has 5 nitrogen and oxygen atoms in total. The fourth-order valence-corrected chi connectivity index (χ4v) is 2.92. The molecule has 0 saturated heterocycles. The van der Waals surface area contributed by atoms with Crippen molar-refractivity contribution < 1.29 is 24.2 Å². The molecular formula is C18H22O5S. The van der Waals surface area contributed by atoms with Crippen LogP contribution in [0.2, 0.25) is 0 Å². The molecule has 1 heterocycles. The van der Waals surface area contributed by atoms with Crippen molar-refractivity contribution in [3.8, 4) is 11.5 Å². The largest absolute Gasteiger partial charge is 0.508 e. The number of rotatable bonds is 5. The number of benzene rings is 1. The molecular weight excluding hydrogens is 328 g/mol. The lowest BCUT2D eigenvalue weighted by atomic mass is 9.97. The zero-order chi connectivity index (χ0) is 17.9. The highest BCUT2D eigenvalue weighted by Gasteiger charge is 2.29. The molecule has 1 N–H and O–H groups in total. The van der Waals surface area contributed by atoms with Crippen LogP contribution in [-0.2, 0) is 9.53 Å². The van der Waals surface area contributed by atoms with Crippen LogP contribution in [0, 0.1) is 5.41 Å². The second kappa shape index (κ2) is 7.21. The first kappa shape index (κ1) is 18.3. The van der Waals surface area contributed by atoms with Crippen molar-refractivity contribution >= 4 is 33.4 Å². The Hall–Kier alpha value is -2.08. The van der Waals surface area contributed by atoms with Gasteiger partial charge in [-0.25, -0.2) is 4.79 Å². The van der Waals surface area contributed by atoms with E-state index in [9.17, 15) is 14.7 Å². The van der Waals surface area contributed by atoms with Crippen molar-refractivity contribution in [2.24, 2.45) is 5.41 Å². The molecule has 0 bridgehead atoms. The number of esters is 2. The van der Waals surface area contributed by atoms with Crippen molar-refractivity contribution in [1.82, 2.24) is 0 Å². The van der Waals surface area contributed by atoms with Gasteiger partial charge in [0.05, 0.1) is 12.0 Å². The minimum atomic E-state index is -0.714. The third kappa shape index (κ3) is 4.06. The molecule has 0 unspecified atom stereocenters. The summed E-state index contributed by atoms with van der Waals surface area (Å²) in [5, 5.41) is 10.2. The van der Waals surface area contributed by atoms with Gasteiger partial charge in [-0.3, -0.25) is 4.79 Å². The van der Waals surface area contributed by atoms with Gasteiger partial charge in [0.25, 0.3) is 0 Å². The first-order valence-electron chi connectivity index (χ1n) is 7.89. The van der Waals surface area contributed by atoms with Gasteiger partial charge in [-0.05, 0) is 45.4 Å². The van der Waals surface area contributed by atoms with Gasteiger partial charge >= 0.3 is 11.9 Å². The molecule has 24 heavy (non-hydrogen) atoms. The fraction of sp³-hybridized carbons (Fsp3) is 0.444. The van der Waals surface area contributed by atoms with E-state index in [4.69, 9.17) is 9.47 Å². The Bertz CT molecular complexity index is 755. The van der Waals surface area contributed by atoms with Crippen LogP contribution in [-0.4, -0.2) is 23.7 Å². The van der Waals surface area contributed by atoms with E-state index in [1.54, 1.807) is 26.8 Å². The third-order valence-corrected chi connectivity index (χ3v) is 4.48. The minimum absolute atomic E-state index is 0.0410. The van der Waals surface area contributed by atoms with Gasteiger partial charge in [0.2, 0.25) is 0 Å². The van der Waals surface area contributed by atoms with Crippen molar-refractivity contribution in [3.63, 3.8) is 0 Å². The molecule has 2 aromatic rings. The molecule has 6 heteroatoms. The quantitative estimate of drug-likeness (QED) is 0.634. The lowest BCUT2D eigenvalue weighted by molar-refractivity contribution is -0.142. The van der Waals surface area contributed by atoms with Gasteiger partial charge in [-0.15, -0.1) is 11.3 Å². The topological polar surface area (TPSA) is 72.8 Å². The van der Waals surface area contributed by atoms with Gasteiger partial charge in [-0.1, -0.05) is 13.3 Å². The number of phenolic OH excluding ortho intramolecular Hbond substituents is 1. The van der Waals surface area contributed by atoms with E-state index in [1.807, 2.05) is 6.92 Å². The highest BCUT2D eigenvalue weighted by molar-refractivity contribution is 7.21. The molecule has 2 rings (SSSR count). The van der Waals surface area contributed by atoms with Crippen LogP contribution in [0.4, 0.5) is 0 Å². The summed E-state index contributed by atoms with van der Waals surface area (Å²) in [6.45, 7) is 7.54. The summed E-state index contributed by atoms with van der Waals surface area (Å²) < 4.78 is 11.5. The molecule has 0 amide bonds.